The molecule has 0 amide bonds. The highest BCUT2D eigenvalue weighted by molar-refractivity contribution is 5.60. The molecule has 0 aliphatic rings. The standard InChI is InChI=1S/C28H21NO4/c1-4-21-7-9-22(10-8-21)11-15-24-19-28(33-6-3)25(20-27(24)32-5-2)16-12-23-13-17-26(18-14-23)29(30)31/h1,7-10,13-14,17-20H,5-6H2,2-3H3. The van der Waals surface area contributed by atoms with Crippen LogP contribution in [0.15, 0.2) is 60.7 Å². The SMILES string of the molecule is C#Cc1ccc(C#Cc2cc(OCC)c(C#Cc3ccc([N+](=O)[O-])cc3)cc2OCC)cc1. The normalized spacial score (nSPS) is 9.48. The topological polar surface area (TPSA) is 61.6 Å². The van der Waals surface area contributed by atoms with Gasteiger partial charge in [-0.3, -0.25) is 10.1 Å². The molecule has 0 radical (unpaired) electrons. The number of nitro groups is 1. The third kappa shape index (κ3) is 6.17. The van der Waals surface area contributed by atoms with Crippen molar-refractivity contribution in [3.8, 4) is 47.5 Å². The van der Waals surface area contributed by atoms with E-state index in [1.165, 1.54) is 12.1 Å². The van der Waals surface area contributed by atoms with E-state index >= 15 is 0 Å². The second kappa shape index (κ2) is 11.1. The Morgan fingerprint density at radius 1 is 0.758 bits per heavy atom. The minimum Gasteiger partial charge on any atom is -0.493 e. The van der Waals surface area contributed by atoms with E-state index in [0.29, 0.717) is 41.4 Å². The summed E-state index contributed by atoms with van der Waals surface area (Å²) in [6.07, 6.45) is 5.40. The second-order valence-electron chi connectivity index (χ2n) is 6.74. The predicted octanol–water partition coefficient (Wildman–Crippen LogP) is 5.17. The third-order valence-corrected chi connectivity index (χ3v) is 4.49. The maximum Gasteiger partial charge on any atom is 0.269 e. The molecule has 162 valence electrons. The average molecular weight is 435 g/mol. The first-order valence-electron chi connectivity index (χ1n) is 10.3. The van der Waals surface area contributed by atoms with Crippen LogP contribution in [0.5, 0.6) is 11.5 Å². The van der Waals surface area contributed by atoms with Gasteiger partial charge in [0.05, 0.1) is 29.3 Å². The van der Waals surface area contributed by atoms with E-state index in [1.807, 2.05) is 44.2 Å². The van der Waals surface area contributed by atoms with Crippen molar-refractivity contribution >= 4 is 5.69 Å². The Hall–Kier alpha value is -4.66. The molecule has 0 bridgehead atoms. The molecule has 0 aromatic heterocycles. The highest BCUT2D eigenvalue weighted by atomic mass is 16.6. The average Bonchev–Trinajstić information content (AvgIpc) is 2.83. The number of nitrogens with zero attached hydrogens (tertiary/aromatic N) is 1. The molecule has 0 saturated heterocycles. The Morgan fingerprint density at radius 3 is 1.58 bits per heavy atom. The van der Waals surface area contributed by atoms with Gasteiger partial charge in [-0.2, -0.15) is 0 Å². The van der Waals surface area contributed by atoms with Gasteiger partial charge < -0.3 is 9.47 Å². The summed E-state index contributed by atoms with van der Waals surface area (Å²) in [4.78, 5) is 10.4. The molecule has 0 heterocycles. The van der Waals surface area contributed by atoms with Crippen molar-refractivity contribution in [1.29, 1.82) is 0 Å². The summed E-state index contributed by atoms with van der Waals surface area (Å²) in [5.74, 6) is 16.2. The van der Waals surface area contributed by atoms with Crippen LogP contribution in [0.25, 0.3) is 0 Å². The van der Waals surface area contributed by atoms with Crippen molar-refractivity contribution in [2.75, 3.05) is 13.2 Å². The Kier molecular flexibility index (Phi) is 7.74. The van der Waals surface area contributed by atoms with Crippen molar-refractivity contribution in [2.24, 2.45) is 0 Å². The van der Waals surface area contributed by atoms with Crippen LogP contribution < -0.4 is 9.47 Å². The van der Waals surface area contributed by atoms with Crippen molar-refractivity contribution in [1.82, 2.24) is 0 Å². The van der Waals surface area contributed by atoms with Gasteiger partial charge in [-0.25, -0.2) is 0 Å². The molecule has 0 unspecified atom stereocenters. The van der Waals surface area contributed by atoms with Gasteiger partial charge in [0.25, 0.3) is 5.69 Å². The van der Waals surface area contributed by atoms with E-state index in [1.54, 1.807) is 18.2 Å². The fourth-order valence-electron chi connectivity index (χ4n) is 2.90. The molecule has 0 spiro atoms. The summed E-state index contributed by atoms with van der Waals surface area (Å²) >= 11 is 0. The maximum absolute atomic E-state index is 10.8. The lowest BCUT2D eigenvalue weighted by Gasteiger charge is -2.11. The van der Waals surface area contributed by atoms with Crippen LogP contribution in [0.3, 0.4) is 0 Å². The zero-order valence-corrected chi connectivity index (χ0v) is 18.3. The summed E-state index contributed by atoms with van der Waals surface area (Å²) in [6, 6.07) is 17.1. The molecule has 3 aromatic carbocycles. The van der Waals surface area contributed by atoms with Crippen LogP contribution in [0.4, 0.5) is 5.69 Å². The number of benzene rings is 3. The van der Waals surface area contributed by atoms with E-state index in [-0.39, 0.29) is 5.69 Å². The van der Waals surface area contributed by atoms with E-state index in [4.69, 9.17) is 15.9 Å². The molecular weight excluding hydrogens is 414 g/mol. The van der Waals surface area contributed by atoms with E-state index in [2.05, 4.69) is 29.6 Å². The predicted molar refractivity (Wildman–Crippen MR) is 128 cm³/mol. The number of hydrogen-bond acceptors (Lipinski definition) is 4. The highest BCUT2D eigenvalue weighted by Crippen LogP contribution is 2.29. The Balaban J connectivity index is 1.99. The first kappa shape index (κ1) is 23.0. The Bertz CT molecular complexity index is 1310. The number of rotatable bonds is 5. The van der Waals surface area contributed by atoms with Gasteiger partial charge in [0.2, 0.25) is 0 Å². The van der Waals surface area contributed by atoms with Gasteiger partial charge in [0.15, 0.2) is 0 Å². The van der Waals surface area contributed by atoms with E-state index in [9.17, 15) is 10.1 Å². The van der Waals surface area contributed by atoms with Crippen molar-refractivity contribution in [3.63, 3.8) is 0 Å². The monoisotopic (exact) mass is 435 g/mol. The van der Waals surface area contributed by atoms with Gasteiger partial charge >= 0.3 is 0 Å². The van der Waals surface area contributed by atoms with Crippen molar-refractivity contribution in [3.05, 3.63) is 98.6 Å². The quantitative estimate of drug-likeness (QED) is 0.315. The number of ether oxygens (including phenoxy) is 2. The highest BCUT2D eigenvalue weighted by Gasteiger charge is 2.10. The zero-order chi connectivity index (χ0) is 23.6. The van der Waals surface area contributed by atoms with Gasteiger partial charge in [-0.05, 0) is 50.2 Å². The molecule has 33 heavy (non-hydrogen) atoms. The first-order valence-corrected chi connectivity index (χ1v) is 10.3. The molecule has 3 rings (SSSR count). The molecule has 0 aliphatic heterocycles. The lowest BCUT2D eigenvalue weighted by Crippen LogP contribution is -2.00. The fourth-order valence-corrected chi connectivity index (χ4v) is 2.90. The number of hydrogen-bond donors (Lipinski definition) is 0. The summed E-state index contributed by atoms with van der Waals surface area (Å²) in [6.45, 7) is 4.71. The van der Waals surface area contributed by atoms with Crippen LogP contribution in [0.2, 0.25) is 0 Å². The van der Waals surface area contributed by atoms with Crippen molar-refractivity contribution < 1.29 is 14.4 Å². The molecular formula is C28H21NO4. The molecule has 0 saturated carbocycles. The number of terminal acetylenes is 1. The summed E-state index contributed by atoms with van der Waals surface area (Å²) < 4.78 is 11.6. The second-order valence-corrected chi connectivity index (χ2v) is 6.74. The van der Waals surface area contributed by atoms with Gasteiger partial charge in [-0.1, -0.05) is 29.6 Å². The molecule has 0 N–H and O–H groups in total. The fraction of sp³-hybridized carbons (Fsp3) is 0.143. The van der Waals surface area contributed by atoms with Gasteiger partial charge in [0, 0.05) is 41.0 Å². The first-order chi connectivity index (χ1) is 16.0. The smallest absolute Gasteiger partial charge is 0.269 e. The van der Waals surface area contributed by atoms with Gasteiger partial charge in [0.1, 0.15) is 11.5 Å². The molecule has 5 heteroatoms. The molecule has 0 atom stereocenters. The lowest BCUT2D eigenvalue weighted by atomic mass is 10.1. The lowest BCUT2D eigenvalue weighted by molar-refractivity contribution is -0.384. The minimum absolute atomic E-state index is 0.0195. The number of nitro benzene ring substituents is 1. The maximum atomic E-state index is 10.8. The van der Waals surface area contributed by atoms with Crippen LogP contribution in [-0.4, -0.2) is 18.1 Å². The molecule has 0 aliphatic carbocycles. The summed E-state index contributed by atoms with van der Waals surface area (Å²) in [5, 5.41) is 10.8. The van der Waals surface area contributed by atoms with Crippen LogP contribution in [0.1, 0.15) is 41.7 Å². The minimum atomic E-state index is -0.442. The van der Waals surface area contributed by atoms with E-state index < -0.39 is 4.92 Å². The van der Waals surface area contributed by atoms with Crippen LogP contribution in [-0.2, 0) is 0 Å². The molecule has 5 nitrogen and oxygen atoms in total. The van der Waals surface area contributed by atoms with Crippen molar-refractivity contribution in [2.45, 2.75) is 13.8 Å². The summed E-state index contributed by atoms with van der Waals surface area (Å²) in [5.41, 5.74) is 3.62. The number of non-ortho nitro benzene ring substituents is 1. The van der Waals surface area contributed by atoms with Gasteiger partial charge in [-0.15, -0.1) is 6.42 Å². The van der Waals surface area contributed by atoms with Crippen LogP contribution in [0, 0.1) is 46.1 Å². The zero-order valence-electron chi connectivity index (χ0n) is 18.3. The summed E-state index contributed by atoms with van der Waals surface area (Å²) in [7, 11) is 0. The Morgan fingerprint density at radius 2 is 1.18 bits per heavy atom. The van der Waals surface area contributed by atoms with E-state index in [0.717, 1.165) is 11.1 Å². The largest absolute Gasteiger partial charge is 0.493 e. The Labute approximate surface area is 193 Å². The molecule has 0 fully saturated rings. The van der Waals surface area contributed by atoms with Crippen LogP contribution >= 0.6 is 0 Å². The third-order valence-electron chi connectivity index (χ3n) is 4.49. The molecule has 3 aromatic rings.